The number of hydrogen-bond acceptors (Lipinski definition) is 12. The third kappa shape index (κ3) is 13.2. The van der Waals surface area contributed by atoms with Crippen molar-refractivity contribution >= 4 is 11.6 Å². The Kier molecular flexibility index (Phi) is 17.3. The maximum absolute atomic E-state index is 13.5. The van der Waals surface area contributed by atoms with Gasteiger partial charge in [0.1, 0.15) is 29.5 Å². The molecule has 49 heavy (non-hydrogen) atoms. The summed E-state index contributed by atoms with van der Waals surface area (Å²) in [5.74, 6) is 1.27. The summed E-state index contributed by atoms with van der Waals surface area (Å²) in [5.41, 5.74) is 2.70. The molecule has 0 atom stereocenters. The smallest absolute Gasteiger partial charge is 0.278 e. The van der Waals surface area contributed by atoms with Crippen LogP contribution in [-0.2, 0) is 33.8 Å². The van der Waals surface area contributed by atoms with Crippen LogP contribution in [0.1, 0.15) is 42.5 Å². The molecule has 0 aliphatic rings. The normalized spacial score (nSPS) is 11.5. The zero-order valence-electron chi connectivity index (χ0n) is 29.9. The molecule has 0 aliphatic carbocycles. The van der Waals surface area contributed by atoms with E-state index in [0.29, 0.717) is 107 Å². The fraction of sp³-hybridized carbons (Fsp3) is 0.571. The van der Waals surface area contributed by atoms with Gasteiger partial charge < -0.3 is 47.9 Å². The lowest BCUT2D eigenvalue weighted by atomic mass is 9.87. The molecule has 1 amide bonds. The molecule has 3 aromatic rings. The molecule has 0 bridgehead atoms. The standard InChI is InChI=1S/C35H52N4O10/c1-26-33(37-38-39(26)30-25-28(42-6)9-11-32(30)43-7)34(40)36-29-24-27(35(2,3)4)8-10-31(29)49-23-22-48-21-20-47-19-18-46-17-16-45-15-14-44-13-12-41-5/h8-11,24-25H,12-23H2,1-7H3,(H,36,40). The van der Waals surface area contributed by atoms with E-state index >= 15 is 0 Å². The van der Waals surface area contributed by atoms with Gasteiger partial charge in [-0.15, -0.1) is 5.10 Å². The first-order chi connectivity index (χ1) is 23.7. The van der Waals surface area contributed by atoms with Crippen molar-refractivity contribution < 1.29 is 47.4 Å². The zero-order chi connectivity index (χ0) is 35.5. The molecule has 1 aromatic heterocycles. The molecule has 14 heteroatoms. The van der Waals surface area contributed by atoms with E-state index in [-0.39, 0.29) is 17.7 Å². The average molecular weight is 689 g/mol. The summed E-state index contributed by atoms with van der Waals surface area (Å²) < 4.78 is 50.8. The highest BCUT2D eigenvalue weighted by Crippen LogP contribution is 2.33. The van der Waals surface area contributed by atoms with Crippen LogP contribution in [0, 0.1) is 6.92 Å². The van der Waals surface area contributed by atoms with Crippen LogP contribution in [0.3, 0.4) is 0 Å². The zero-order valence-corrected chi connectivity index (χ0v) is 29.9. The van der Waals surface area contributed by atoms with Crippen molar-refractivity contribution in [3.63, 3.8) is 0 Å². The fourth-order valence-electron chi connectivity index (χ4n) is 4.47. The summed E-state index contributed by atoms with van der Waals surface area (Å²) in [6.45, 7) is 13.7. The Bertz CT molecular complexity index is 1410. The minimum absolute atomic E-state index is 0.151. The van der Waals surface area contributed by atoms with Crippen molar-refractivity contribution in [2.75, 3.05) is 106 Å². The third-order valence-electron chi connectivity index (χ3n) is 7.22. The van der Waals surface area contributed by atoms with E-state index in [1.54, 1.807) is 51.1 Å². The fourth-order valence-corrected chi connectivity index (χ4v) is 4.47. The van der Waals surface area contributed by atoms with Crippen molar-refractivity contribution in [1.82, 2.24) is 15.0 Å². The van der Waals surface area contributed by atoms with Crippen molar-refractivity contribution in [2.45, 2.75) is 33.1 Å². The summed E-state index contributed by atoms with van der Waals surface area (Å²) in [6, 6.07) is 11.1. The predicted molar refractivity (Wildman–Crippen MR) is 184 cm³/mol. The molecule has 0 unspecified atom stereocenters. The van der Waals surface area contributed by atoms with Crippen LogP contribution >= 0.6 is 0 Å². The second kappa shape index (κ2) is 21.3. The Morgan fingerprint density at radius 3 is 1.80 bits per heavy atom. The van der Waals surface area contributed by atoms with Gasteiger partial charge in [0.2, 0.25) is 0 Å². The lowest BCUT2D eigenvalue weighted by Crippen LogP contribution is -2.18. The van der Waals surface area contributed by atoms with E-state index < -0.39 is 5.91 Å². The average Bonchev–Trinajstić information content (AvgIpc) is 3.48. The molecule has 0 spiro atoms. The number of hydrogen-bond donors (Lipinski definition) is 1. The van der Waals surface area contributed by atoms with E-state index in [9.17, 15) is 4.79 Å². The maximum Gasteiger partial charge on any atom is 0.278 e. The highest BCUT2D eigenvalue weighted by molar-refractivity contribution is 6.04. The van der Waals surface area contributed by atoms with Gasteiger partial charge in [0.25, 0.3) is 5.91 Å². The Labute approximate surface area is 289 Å². The van der Waals surface area contributed by atoms with E-state index in [1.165, 1.54) is 0 Å². The first kappa shape index (κ1) is 39.6. The summed E-state index contributed by atoms with van der Waals surface area (Å²) in [5, 5.41) is 11.4. The van der Waals surface area contributed by atoms with Crippen LogP contribution < -0.4 is 19.5 Å². The molecule has 0 fully saturated rings. The van der Waals surface area contributed by atoms with Gasteiger partial charge in [-0.1, -0.05) is 32.1 Å². The summed E-state index contributed by atoms with van der Waals surface area (Å²) in [6.07, 6.45) is 0. The molecule has 1 heterocycles. The third-order valence-corrected chi connectivity index (χ3v) is 7.22. The molecule has 0 radical (unpaired) electrons. The van der Waals surface area contributed by atoms with Crippen molar-refractivity contribution in [3.05, 3.63) is 53.3 Å². The number of nitrogens with zero attached hydrogens (tertiary/aromatic N) is 3. The number of benzene rings is 2. The van der Waals surface area contributed by atoms with Gasteiger partial charge in [-0.3, -0.25) is 4.79 Å². The number of ether oxygens (including phenoxy) is 9. The Hall–Kier alpha value is -3.79. The number of methoxy groups -OCH3 is 3. The maximum atomic E-state index is 13.5. The Morgan fingerprint density at radius 1 is 0.714 bits per heavy atom. The second-order valence-corrected chi connectivity index (χ2v) is 11.8. The minimum atomic E-state index is -0.422. The van der Waals surface area contributed by atoms with E-state index in [1.807, 2.05) is 18.2 Å². The van der Waals surface area contributed by atoms with Gasteiger partial charge in [-0.05, 0) is 42.2 Å². The van der Waals surface area contributed by atoms with Crippen LogP contribution in [0.25, 0.3) is 5.69 Å². The topological polar surface area (TPSA) is 143 Å². The lowest BCUT2D eigenvalue weighted by Gasteiger charge is -2.21. The molecule has 0 aliphatic heterocycles. The number of carbonyl (C=O) groups is 1. The number of carbonyl (C=O) groups excluding carboxylic acids is 1. The minimum Gasteiger partial charge on any atom is -0.497 e. The van der Waals surface area contributed by atoms with Crippen LogP contribution in [0.2, 0.25) is 0 Å². The highest BCUT2D eigenvalue weighted by Gasteiger charge is 2.22. The van der Waals surface area contributed by atoms with Crippen LogP contribution in [0.4, 0.5) is 5.69 Å². The number of aromatic nitrogens is 3. The summed E-state index contributed by atoms with van der Waals surface area (Å²) in [7, 11) is 4.78. The number of amides is 1. The molecule has 272 valence electrons. The summed E-state index contributed by atoms with van der Waals surface area (Å²) >= 11 is 0. The lowest BCUT2D eigenvalue weighted by molar-refractivity contribution is -0.0159. The van der Waals surface area contributed by atoms with Gasteiger partial charge in [0, 0.05) is 13.2 Å². The quantitative estimate of drug-likeness (QED) is 0.135. The van der Waals surface area contributed by atoms with Gasteiger partial charge in [-0.25, -0.2) is 4.68 Å². The van der Waals surface area contributed by atoms with E-state index in [2.05, 4.69) is 36.4 Å². The van der Waals surface area contributed by atoms with Crippen LogP contribution in [-0.4, -0.2) is 122 Å². The first-order valence-corrected chi connectivity index (χ1v) is 16.3. The first-order valence-electron chi connectivity index (χ1n) is 16.3. The van der Waals surface area contributed by atoms with E-state index in [4.69, 9.17) is 42.6 Å². The van der Waals surface area contributed by atoms with Crippen LogP contribution in [0.5, 0.6) is 17.2 Å². The number of rotatable bonds is 24. The molecule has 0 saturated heterocycles. The molecule has 14 nitrogen and oxygen atoms in total. The van der Waals surface area contributed by atoms with Crippen molar-refractivity contribution in [2.24, 2.45) is 0 Å². The van der Waals surface area contributed by atoms with Crippen LogP contribution in [0.15, 0.2) is 36.4 Å². The van der Waals surface area contributed by atoms with Gasteiger partial charge >= 0.3 is 0 Å². The number of anilines is 1. The molecular weight excluding hydrogens is 636 g/mol. The summed E-state index contributed by atoms with van der Waals surface area (Å²) in [4.78, 5) is 13.5. The molecular formula is C35H52N4O10. The van der Waals surface area contributed by atoms with Gasteiger partial charge in [0.15, 0.2) is 5.69 Å². The molecule has 2 aromatic carbocycles. The number of nitrogens with one attached hydrogen (secondary N) is 1. The highest BCUT2D eigenvalue weighted by atomic mass is 16.6. The van der Waals surface area contributed by atoms with E-state index in [0.717, 1.165) is 5.56 Å². The predicted octanol–water partition coefficient (Wildman–Crippen LogP) is 4.25. The molecule has 3 rings (SSSR count). The Morgan fingerprint density at radius 2 is 1.27 bits per heavy atom. The van der Waals surface area contributed by atoms with Gasteiger partial charge in [-0.2, -0.15) is 0 Å². The molecule has 0 saturated carbocycles. The monoisotopic (exact) mass is 688 g/mol. The van der Waals surface area contributed by atoms with Gasteiger partial charge in [0.05, 0.1) is 98.3 Å². The second-order valence-electron chi connectivity index (χ2n) is 11.8. The van der Waals surface area contributed by atoms with Crippen molar-refractivity contribution in [1.29, 1.82) is 0 Å². The SMILES string of the molecule is COCCOCCOCCOCCOCCOCCOc1ccc(C(C)(C)C)cc1NC(=O)c1nnn(-c2cc(OC)ccc2OC)c1C. The largest absolute Gasteiger partial charge is 0.497 e. The Balaban J connectivity index is 1.44. The molecule has 1 N–H and O–H groups in total. The van der Waals surface area contributed by atoms with Crippen molar-refractivity contribution in [3.8, 4) is 22.9 Å².